The van der Waals surface area contributed by atoms with Gasteiger partial charge in [0.2, 0.25) is 10.0 Å². The molecule has 0 radical (unpaired) electrons. The molecule has 1 heterocycles. The minimum Gasteiger partial charge on any atom is -0.494 e. The minimum atomic E-state index is -3.13. The molecular weight excluding hydrogens is 424 g/mol. The first-order valence-corrected chi connectivity index (χ1v) is 12.0. The highest BCUT2D eigenvalue weighted by atomic mass is 32.2. The summed E-state index contributed by atoms with van der Waals surface area (Å²) >= 11 is 0. The highest BCUT2D eigenvalue weighted by molar-refractivity contribution is 7.88. The Morgan fingerprint density at radius 2 is 1.74 bits per heavy atom. The molecule has 1 aliphatic heterocycles. The van der Waals surface area contributed by atoms with Crippen LogP contribution in [0.4, 0.5) is 8.78 Å². The molecule has 5 nitrogen and oxygen atoms in total. The molecule has 0 N–H and O–H groups in total. The average Bonchev–Trinajstić information content (AvgIpc) is 3.03. The van der Waals surface area contributed by atoms with Gasteiger partial charge in [0.25, 0.3) is 0 Å². The van der Waals surface area contributed by atoms with Crippen LogP contribution in [0.25, 0.3) is 11.6 Å². The van der Waals surface area contributed by atoms with Crippen molar-refractivity contribution in [3.63, 3.8) is 0 Å². The summed E-state index contributed by atoms with van der Waals surface area (Å²) in [6, 6.07) is 8.24. The van der Waals surface area contributed by atoms with Gasteiger partial charge in [0.1, 0.15) is 17.4 Å². The molecular formula is C23H23F2NO4S. The SMILES string of the molecule is CS(=O)(=O)N1CCC(CCOc2ccc3c(c2)C(=O)C(c2cc(F)cc(F)c2)=C3)CC1. The minimum absolute atomic E-state index is 0.210. The van der Waals surface area contributed by atoms with Gasteiger partial charge in [-0.1, -0.05) is 6.07 Å². The maximum atomic E-state index is 13.5. The average molecular weight is 448 g/mol. The van der Waals surface area contributed by atoms with Crippen molar-refractivity contribution in [2.24, 2.45) is 5.92 Å². The van der Waals surface area contributed by atoms with Crippen molar-refractivity contribution >= 4 is 27.5 Å². The molecule has 1 fully saturated rings. The Morgan fingerprint density at radius 1 is 1.06 bits per heavy atom. The van der Waals surface area contributed by atoms with Crippen LogP contribution in [-0.2, 0) is 10.0 Å². The van der Waals surface area contributed by atoms with Crippen LogP contribution in [0.3, 0.4) is 0 Å². The number of halogens is 2. The second kappa shape index (κ2) is 8.51. The van der Waals surface area contributed by atoms with E-state index >= 15 is 0 Å². The van der Waals surface area contributed by atoms with Crippen LogP contribution in [0.2, 0.25) is 0 Å². The lowest BCUT2D eigenvalue weighted by atomic mass is 9.95. The van der Waals surface area contributed by atoms with E-state index in [9.17, 15) is 22.0 Å². The number of ketones is 1. The molecule has 0 atom stereocenters. The van der Waals surface area contributed by atoms with Gasteiger partial charge in [-0.05, 0) is 66.6 Å². The van der Waals surface area contributed by atoms with E-state index in [1.807, 2.05) is 0 Å². The van der Waals surface area contributed by atoms with Crippen molar-refractivity contribution in [2.45, 2.75) is 19.3 Å². The Labute approximate surface area is 180 Å². The van der Waals surface area contributed by atoms with Gasteiger partial charge in [0.15, 0.2) is 5.78 Å². The Morgan fingerprint density at radius 3 is 2.39 bits per heavy atom. The van der Waals surface area contributed by atoms with Crippen LogP contribution < -0.4 is 4.74 Å². The van der Waals surface area contributed by atoms with E-state index in [0.717, 1.165) is 37.5 Å². The third-order valence-electron chi connectivity index (χ3n) is 5.82. The predicted octanol–water partition coefficient (Wildman–Crippen LogP) is 4.14. The van der Waals surface area contributed by atoms with Crippen molar-refractivity contribution < 1.29 is 26.7 Å². The lowest BCUT2D eigenvalue weighted by molar-refractivity contribution is 0.105. The molecule has 0 aromatic heterocycles. The predicted molar refractivity (Wildman–Crippen MR) is 114 cm³/mol. The van der Waals surface area contributed by atoms with Crippen molar-refractivity contribution in [3.8, 4) is 5.75 Å². The van der Waals surface area contributed by atoms with E-state index in [4.69, 9.17) is 4.74 Å². The number of allylic oxidation sites excluding steroid dienone is 1. The van der Waals surface area contributed by atoms with Crippen molar-refractivity contribution in [1.82, 2.24) is 4.31 Å². The van der Waals surface area contributed by atoms with Gasteiger partial charge in [-0.2, -0.15) is 0 Å². The maximum absolute atomic E-state index is 13.5. The highest BCUT2D eigenvalue weighted by Crippen LogP contribution is 2.34. The molecule has 0 spiro atoms. The van der Waals surface area contributed by atoms with Crippen molar-refractivity contribution in [1.29, 1.82) is 0 Å². The summed E-state index contributed by atoms with van der Waals surface area (Å²) in [6.07, 6.45) is 5.27. The molecule has 0 bridgehead atoms. The third-order valence-corrected chi connectivity index (χ3v) is 7.13. The first-order chi connectivity index (χ1) is 14.7. The fourth-order valence-corrected chi connectivity index (χ4v) is 4.98. The van der Waals surface area contributed by atoms with E-state index in [-0.39, 0.29) is 16.9 Å². The maximum Gasteiger partial charge on any atom is 0.211 e. The van der Waals surface area contributed by atoms with Crippen molar-refractivity contribution in [3.05, 3.63) is 64.7 Å². The van der Waals surface area contributed by atoms with Crippen LogP contribution >= 0.6 is 0 Å². The summed E-state index contributed by atoms with van der Waals surface area (Å²) in [5, 5.41) is 0. The number of nitrogens with zero attached hydrogens (tertiary/aromatic N) is 1. The molecule has 2 aromatic rings. The zero-order valence-corrected chi connectivity index (χ0v) is 17.9. The molecule has 1 aliphatic carbocycles. The number of carbonyl (C=O) groups is 1. The first-order valence-electron chi connectivity index (χ1n) is 10.2. The zero-order chi connectivity index (χ0) is 22.2. The van der Waals surface area contributed by atoms with E-state index in [1.165, 1.54) is 10.6 Å². The van der Waals surface area contributed by atoms with Crippen LogP contribution in [0.5, 0.6) is 5.75 Å². The number of fused-ring (bicyclic) bond motifs is 1. The number of sulfonamides is 1. The molecule has 8 heteroatoms. The Balaban J connectivity index is 1.35. The summed E-state index contributed by atoms with van der Waals surface area (Å²) < 4.78 is 57.6. The summed E-state index contributed by atoms with van der Waals surface area (Å²) in [5.74, 6) is -0.804. The lowest BCUT2D eigenvalue weighted by Crippen LogP contribution is -2.38. The van der Waals surface area contributed by atoms with Crippen LogP contribution in [0, 0.1) is 17.6 Å². The second-order valence-electron chi connectivity index (χ2n) is 8.04. The number of hydrogen-bond acceptors (Lipinski definition) is 4. The van der Waals surface area contributed by atoms with Gasteiger partial charge in [0.05, 0.1) is 12.9 Å². The number of carbonyl (C=O) groups excluding carboxylic acids is 1. The topological polar surface area (TPSA) is 63.7 Å². The van der Waals surface area contributed by atoms with Crippen LogP contribution in [0.1, 0.15) is 40.7 Å². The molecule has 0 unspecified atom stereocenters. The smallest absolute Gasteiger partial charge is 0.211 e. The van der Waals surface area contributed by atoms with E-state index in [2.05, 4.69) is 0 Å². The van der Waals surface area contributed by atoms with Crippen molar-refractivity contribution in [2.75, 3.05) is 26.0 Å². The monoisotopic (exact) mass is 447 g/mol. The summed E-state index contributed by atoms with van der Waals surface area (Å²) in [4.78, 5) is 12.8. The molecule has 2 aromatic carbocycles. The molecule has 1 saturated heterocycles. The molecule has 0 amide bonds. The van der Waals surface area contributed by atoms with Gasteiger partial charge in [0, 0.05) is 30.3 Å². The number of Topliss-reactive ketones (excluding diaryl/α,β-unsaturated/α-hetero) is 1. The standard InChI is InChI=1S/C23H23F2NO4S/c1-31(28,29)26-7-4-15(5-8-26)6-9-30-20-3-2-16-12-21(23(27)22(16)14-20)17-10-18(24)13-19(25)11-17/h2-3,10-15H,4-9H2,1H3. The number of hydrogen-bond donors (Lipinski definition) is 0. The van der Waals surface area contributed by atoms with E-state index < -0.39 is 21.7 Å². The fourth-order valence-electron chi connectivity index (χ4n) is 4.11. The summed E-state index contributed by atoms with van der Waals surface area (Å²) in [5.41, 5.74) is 1.59. The molecule has 31 heavy (non-hydrogen) atoms. The Hall–Kier alpha value is -2.58. The Bertz CT molecular complexity index is 1130. The van der Waals surface area contributed by atoms with Crippen LogP contribution in [0.15, 0.2) is 36.4 Å². The number of piperidine rings is 1. The molecule has 0 saturated carbocycles. The largest absolute Gasteiger partial charge is 0.494 e. The van der Waals surface area contributed by atoms with E-state index in [0.29, 0.717) is 42.5 Å². The Kier molecular flexibility index (Phi) is 5.94. The van der Waals surface area contributed by atoms with Gasteiger partial charge < -0.3 is 4.74 Å². The lowest BCUT2D eigenvalue weighted by Gasteiger charge is -2.30. The van der Waals surface area contributed by atoms with Gasteiger partial charge in [-0.15, -0.1) is 0 Å². The summed E-state index contributed by atoms with van der Waals surface area (Å²) in [6.45, 7) is 1.53. The number of rotatable bonds is 6. The quantitative estimate of drug-likeness (QED) is 0.668. The van der Waals surface area contributed by atoms with Crippen LogP contribution in [-0.4, -0.2) is 44.5 Å². The van der Waals surface area contributed by atoms with Gasteiger partial charge >= 0.3 is 0 Å². The molecule has 4 rings (SSSR count). The highest BCUT2D eigenvalue weighted by Gasteiger charge is 2.26. The zero-order valence-electron chi connectivity index (χ0n) is 17.1. The normalized spacial score (nSPS) is 17.5. The van der Waals surface area contributed by atoms with E-state index in [1.54, 1.807) is 24.3 Å². The van der Waals surface area contributed by atoms with Gasteiger partial charge in [-0.25, -0.2) is 21.5 Å². The first kappa shape index (κ1) is 21.6. The number of benzene rings is 2. The molecule has 164 valence electrons. The summed E-state index contributed by atoms with van der Waals surface area (Å²) in [7, 11) is -3.13. The fraction of sp³-hybridized carbons (Fsp3) is 0.348. The number of ether oxygens (including phenoxy) is 1. The third kappa shape index (κ3) is 4.85. The second-order valence-corrected chi connectivity index (χ2v) is 10.0. The van der Waals surface area contributed by atoms with Gasteiger partial charge in [-0.3, -0.25) is 4.79 Å². The molecule has 2 aliphatic rings.